The third-order valence-corrected chi connectivity index (χ3v) is 3.23. The molecule has 0 bridgehead atoms. The van der Waals surface area contributed by atoms with Crippen molar-refractivity contribution in [2.45, 2.75) is 26.2 Å². The summed E-state index contributed by atoms with van der Waals surface area (Å²) in [5.41, 5.74) is 6.14. The van der Waals surface area contributed by atoms with Crippen molar-refractivity contribution >= 4 is 0 Å². The molecule has 0 atom stereocenters. The SMILES string of the molecule is Cc1ccc(CCNCC2(CN)CC2)o1. The van der Waals surface area contributed by atoms with Crippen molar-refractivity contribution in [2.75, 3.05) is 19.6 Å². The molecule has 1 heterocycles. The van der Waals surface area contributed by atoms with Crippen LogP contribution >= 0.6 is 0 Å². The van der Waals surface area contributed by atoms with Crippen LogP contribution in [0.25, 0.3) is 0 Å². The Hall–Kier alpha value is -0.800. The highest BCUT2D eigenvalue weighted by Gasteiger charge is 2.40. The van der Waals surface area contributed by atoms with Gasteiger partial charge in [0.1, 0.15) is 11.5 Å². The van der Waals surface area contributed by atoms with Crippen molar-refractivity contribution < 1.29 is 4.42 Å². The van der Waals surface area contributed by atoms with Gasteiger partial charge in [0.15, 0.2) is 0 Å². The van der Waals surface area contributed by atoms with E-state index >= 15 is 0 Å². The molecule has 1 aliphatic rings. The Morgan fingerprint density at radius 1 is 1.47 bits per heavy atom. The first kappa shape index (κ1) is 10.7. The van der Waals surface area contributed by atoms with Gasteiger partial charge in [0.05, 0.1) is 0 Å². The van der Waals surface area contributed by atoms with Crippen LogP contribution in [0.5, 0.6) is 0 Å². The molecular formula is C12H20N2O. The number of rotatable bonds is 6. The van der Waals surface area contributed by atoms with Crippen LogP contribution in [0, 0.1) is 12.3 Å². The quantitative estimate of drug-likeness (QED) is 0.696. The van der Waals surface area contributed by atoms with E-state index in [1.807, 2.05) is 19.1 Å². The lowest BCUT2D eigenvalue weighted by Crippen LogP contribution is -2.30. The lowest BCUT2D eigenvalue weighted by Gasteiger charge is -2.12. The van der Waals surface area contributed by atoms with E-state index in [2.05, 4.69) is 5.32 Å². The fourth-order valence-electron chi connectivity index (χ4n) is 1.81. The summed E-state index contributed by atoms with van der Waals surface area (Å²) in [7, 11) is 0. The van der Waals surface area contributed by atoms with Crippen LogP contribution in [0.4, 0.5) is 0 Å². The molecule has 3 heteroatoms. The Labute approximate surface area is 91.0 Å². The molecule has 0 saturated heterocycles. The minimum Gasteiger partial charge on any atom is -0.466 e. The van der Waals surface area contributed by atoms with Gasteiger partial charge in [-0.2, -0.15) is 0 Å². The molecule has 0 radical (unpaired) electrons. The molecule has 84 valence electrons. The Morgan fingerprint density at radius 3 is 2.80 bits per heavy atom. The van der Waals surface area contributed by atoms with Crippen molar-refractivity contribution in [3.8, 4) is 0 Å². The normalized spacial score (nSPS) is 18.0. The number of hydrogen-bond donors (Lipinski definition) is 2. The van der Waals surface area contributed by atoms with Gasteiger partial charge >= 0.3 is 0 Å². The fraction of sp³-hybridized carbons (Fsp3) is 0.667. The summed E-state index contributed by atoms with van der Waals surface area (Å²) < 4.78 is 5.49. The minimum atomic E-state index is 0.430. The second-order valence-corrected chi connectivity index (χ2v) is 4.64. The fourth-order valence-corrected chi connectivity index (χ4v) is 1.81. The van der Waals surface area contributed by atoms with Crippen molar-refractivity contribution in [3.63, 3.8) is 0 Å². The predicted molar refractivity (Wildman–Crippen MR) is 60.7 cm³/mol. The molecule has 0 spiro atoms. The van der Waals surface area contributed by atoms with Crippen LogP contribution < -0.4 is 11.1 Å². The smallest absolute Gasteiger partial charge is 0.105 e. The predicted octanol–water partition coefficient (Wildman–Crippen LogP) is 1.46. The van der Waals surface area contributed by atoms with E-state index in [0.717, 1.165) is 37.6 Å². The van der Waals surface area contributed by atoms with E-state index in [9.17, 15) is 0 Å². The van der Waals surface area contributed by atoms with Gasteiger partial charge in [0.2, 0.25) is 0 Å². The van der Waals surface area contributed by atoms with Gasteiger partial charge in [-0.15, -0.1) is 0 Å². The number of nitrogens with two attached hydrogens (primary N) is 1. The first-order valence-electron chi connectivity index (χ1n) is 5.70. The summed E-state index contributed by atoms with van der Waals surface area (Å²) >= 11 is 0. The van der Waals surface area contributed by atoms with Crippen LogP contribution in [-0.2, 0) is 6.42 Å². The molecular weight excluding hydrogens is 188 g/mol. The average molecular weight is 208 g/mol. The highest BCUT2D eigenvalue weighted by molar-refractivity contribution is 5.05. The summed E-state index contributed by atoms with van der Waals surface area (Å²) in [6.07, 6.45) is 3.54. The van der Waals surface area contributed by atoms with Crippen LogP contribution in [-0.4, -0.2) is 19.6 Å². The van der Waals surface area contributed by atoms with E-state index in [1.165, 1.54) is 12.8 Å². The monoisotopic (exact) mass is 208 g/mol. The number of nitrogens with one attached hydrogen (secondary N) is 1. The first-order chi connectivity index (χ1) is 7.24. The van der Waals surface area contributed by atoms with Crippen LogP contribution in [0.3, 0.4) is 0 Å². The molecule has 0 aliphatic heterocycles. The minimum absolute atomic E-state index is 0.430. The Morgan fingerprint density at radius 2 is 2.27 bits per heavy atom. The second-order valence-electron chi connectivity index (χ2n) is 4.64. The molecule has 1 fully saturated rings. The maximum Gasteiger partial charge on any atom is 0.105 e. The maximum absolute atomic E-state index is 5.71. The van der Waals surface area contributed by atoms with Crippen LogP contribution in [0.1, 0.15) is 24.4 Å². The lowest BCUT2D eigenvalue weighted by molar-refractivity contribution is 0.445. The molecule has 1 aromatic heterocycles. The third-order valence-electron chi connectivity index (χ3n) is 3.23. The maximum atomic E-state index is 5.71. The summed E-state index contributed by atoms with van der Waals surface area (Å²) in [6, 6.07) is 4.06. The van der Waals surface area contributed by atoms with Gasteiger partial charge in [0.25, 0.3) is 0 Å². The molecule has 1 aromatic rings. The summed E-state index contributed by atoms with van der Waals surface area (Å²) in [5.74, 6) is 2.06. The van der Waals surface area contributed by atoms with Gasteiger partial charge < -0.3 is 15.5 Å². The Balaban J connectivity index is 1.63. The van der Waals surface area contributed by atoms with Crippen molar-refractivity contribution in [3.05, 3.63) is 23.7 Å². The van der Waals surface area contributed by atoms with E-state index in [1.54, 1.807) is 0 Å². The molecule has 0 aromatic carbocycles. The van der Waals surface area contributed by atoms with Gasteiger partial charge in [-0.3, -0.25) is 0 Å². The molecule has 0 unspecified atom stereocenters. The standard InChI is InChI=1S/C12H20N2O/c1-10-2-3-11(15-10)4-7-14-9-12(8-13)5-6-12/h2-3,14H,4-9,13H2,1H3. The molecule has 3 nitrogen and oxygen atoms in total. The molecule has 1 aliphatic carbocycles. The third kappa shape index (κ3) is 2.83. The Bertz CT molecular complexity index is 315. The van der Waals surface area contributed by atoms with Crippen molar-refractivity contribution in [1.29, 1.82) is 0 Å². The van der Waals surface area contributed by atoms with Crippen LogP contribution in [0.15, 0.2) is 16.5 Å². The van der Waals surface area contributed by atoms with Gasteiger partial charge in [-0.05, 0) is 43.9 Å². The number of aryl methyl sites for hydroxylation is 1. The van der Waals surface area contributed by atoms with E-state index in [-0.39, 0.29) is 0 Å². The zero-order valence-electron chi connectivity index (χ0n) is 9.38. The Kier molecular flexibility index (Phi) is 3.12. The lowest BCUT2D eigenvalue weighted by atomic mass is 10.1. The summed E-state index contributed by atoms with van der Waals surface area (Å²) in [6.45, 7) is 4.84. The largest absolute Gasteiger partial charge is 0.466 e. The van der Waals surface area contributed by atoms with Gasteiger partial charge in [0, 0.05) is 19.5 Å². The van der Waals surface area contributed by atoms with Gasteiger partial charge in [-0.1, -0.05) is 0 Å². The summed E-state index contributed by atoms with van der Waals surface area (Å²) in [5, 5.41) is 3.46. The highest BCUT2D eigenvalue weighted by atomic mass is 16.3. The summed E-state index contributed by atoms with van der Waals surface area (Å²) in [4.78, 5) is 0. The molecule has 15 heavy (non-hydrogen) atoms. The van der Waals surface area contributed by atoms with E-state index in [0.29, 0.717) is 5.41 Å². The van der Waals surface area contributed by atoms with Crippen molar-refractivity contribution in [2.24, 2.45) is 11.1 Å². The first-order valence-corrected chi connectivity index (χ1v) is 5.70. The van der Waals surface area contributed by atoms with Crippen LogP contribution in [0.2, 0.25) is 0 Å². The molecule has 3 N–H and O–H groups in total. The molecule has 0 amide bonds. The highest BCUT2D eigenvalue weighted by Crippen LogP contribution is 2.43. The number of furan rings is 1. The number of hydrogen-bond acceptors (Lipinski definition) is 3. The molecule has 2 rings (SSSR count). The zero-order valence-corrected chi connectivity index (χ0v) is 9.38. The van der Waals surface area contributed by atoms with E-state index < -0.39 is 0 Å². The molecule has 1 saturated carbocycles. The van der Waals surface area contributed by atoms with E-state index in [4.69, 9.17) is 10.2 Å². The second kappa shape index (κ2) is 4.37. The topological polar surface area (TPSA) is 51.2 Å². The zero-order chi connectivity index (χ0) is 10.7. The van der Waals surface area contributed by atoms with Crippen molar-refractivity contribution in [1.82, 2.24) is 5.32 Å². The average Bonchev–Trinajstić information content (AvgIpc) is 2.91. The van der Waals surface area contributed by atoms with Gasteiger partial charge in [-0.25, -0.2) is 0 Å².